The van der Waals surface area contributed by atoms with Gasteiger partial charge in [-0.3, -0.25) is 0 Å². The lowest BCUT2D eigenvalue weighted by Crippen LogP contribution is -2.32. The van der Waals surface area contributed by atoms with E-state index in [0.717, 1.165) is 38.0 Å². The number of hydrogen-bond acceptors (Lipinski definition) is 3. The zero-order chi connectivity index (χ0) is 17.3. The van der Waals surface area contributed by atoms with Crippen LogP contribution in [0.25, 0.3) is 6.08 Å². The van der Waals surface area contributed by atoms with E-state index < -0.39 is 10.0 Å². The Balaban J connectivity index is 2.46. The van der Waals surface area contributed by atoms with Crippen LogP contribution in [0.4, 0.5) is 0 Å². The largest absolute Gasteiger partial charge is 0.304 e. The Morgan fingerprint density at radius 1 is 1.22 bits per heavy atom. The van der Waals surface area contributed by atoms with Gasteiger partial charge in [0.25, 0.3) is 0 Å². The van der Waals surface area contributed by atoms with Crippen molar-refractivity contribution in [2.24, 2.45) is 0 Å². The number of nitrogens with zero attached hydrogens (tertiary/aromatic N) is 1. The molecule has 0 aliphatic rings. The Labute approximate surface area is 145 Å². The minimum Gasteiger partial charge on any atom is -0.304 e. The van der Waals surface area contributed by atoms with Gasteiger partial charge in [-0.1, -0.05) is 37.6 Å². The van der Waals surface area contributed by atoms with Gasteiger partial charge in [0.2, 0.25) is 10.0 Å². The Bertz CT molecular complexity index is 581. The minimum atomic E-state index is -3.43. The first kappa shape index (κ1) is 20.2. The van der Waals surface area contributed by atoms with Gasteiger partial charge in [0, 0.05) is 16.5 Å². The Morgan fingerprint density at radius 3 is 2.39 bits per heavy atom. The van der Waals surface area contributed by atoms with Gasteiger partial charge in [0.1, 0.15) is 0 Å². The number of benzene rings is 1. The van der Waals surface area contributed by atoms with Crippen molar-refractivity contribution in [1.82, 2.24) is 9.62 Å². The molecule has 0 amide bonds. The number of nitrogens with one attached hydrogen (secondary N) is 1. The lowest BCUT2D eigenvalue weighted by atomic mass is 10.2. The second-order valence-corrected chi connectivity index (χ2v) is 7.62. The van der Waals surface area contributed by atoms with Gasteiger partial charge in [-0.2, -0.15) is 0 Å². The summed E-state index contributed by atoms with van der Waals surface area (Å²) in [5.41, 5.74) is 0.800. The monoisotopic (exact) mass is 358 g/mol. The van der Waals surface area contributed by atoms with Crippen molar-refractivity contribution in [1.29, 1.82) is 0 Å². The first-order chi connectivity index (χ1) is 10.9. The molecule has 0 unspecified atom stereocenters. The van der Waals surface area contributed by atoms with Crippen LogP contribution in [0.5, 0.6) is 0 Å². The molecule has 0 bridgehead atoms. The minimum absolute atomic E-state index is 0.0783. The van der Waals surface area contributed by atoms with Crippen LogP contribution in [0, 0.1) is 0 Å². The number of halogens is 1. The van der Waals surface area contributed by atoms with Gasteiger partial charge >= 0.3 is 0 Å². The van der Waals surface area contributed by atoms with E-state index in [2.05, 4.69) is 23.5 Å². The molecule has 23 heavy (non-hydrogen) atoms. The quantitative estimate of drug-likeness (QED) is 0.693. The third kappa shape index (κ3) is 8.51. The molecule has 0 aliphatic heterocycles. The van der Waals surface area contributed by atoms with Gasteiger partial charge < -0.3 is 4.90 Å². The molecule has 0 fully saturated rings. The second kappa shape index (κ2) is 10.1. The molecule has 0 aromatic heterocycles. The van der Waals surface area contributed by atoms with E-state index >= 15 is 0 Å². The van der Waals surface area contributed by atoms with Crippen molar-refractivity contribution < 1.29 is 8.42 Å². The van der Waals surface area contributed by atoms with E-state index in [1.54, 1.807) is 30.3 Å². The number of rotatable bonds is 10. The molecular weight excluding hydrogens is 332 g/mol. The molecule has 0 saturated heterocycles. The lowest BCUT2D eigenvalue weighted by molar-refractivity contribution is 0.293. The first-order valence-corrected chi connectivity index (χ1v) is 9.97. The Hall–Kier alpha value is -0.880. The summed E-state index contributed by atoms with van der Waals surface area (Å²) in [5.74, 6) is 0. The van der Waals surface area contributed by atoms with Crippen molar-refractivity contribution in [3.05, 3.63) is 40.3 Å². The summed E-state index contributed by atoms with van der Waals surface area (Å²) >= 11 is 5.80. The predicted molar refractivity (Wildman–Crippen MR) is 99.0 cm³/mol. The molecule has 0 spiro atoms. The van der Waals surface area contributed by atoms with E-state index in [0.29, 0.717) is 5.02 Å². The smallest absolute Gasteiger partial charge is 0.233 e. The van der Waals surface area contributed by atoms with Crippen molar-refractivity contribution in [3.8, 4) is 0 Å². The number of sulfonamides is 1. The molecule has 1 rings (SSSR count). The third-order valence-electron chi connectivity index (χ3n) is 3.68. The molecule has 4 nitrogen and oxygen atoms in total. The van der Waals surface area contributed by atoms with Crippen molar-refractivity contribution in [2.45, 2.75) is 39.7 Å². The highest BCUT2D eigenvalue weighted by Crippen LogP contribution is 2.11. The van der Waals surface area contributed by atoms with E-state index in [1.807, 2.05) is 6.92 Å². The van der Waals surface area contributed by atoms with Gasteiger partial charge in [-0.05, 0) is 63.2 Å². The summed E-state index contributed by atoms with van der Waals surface area (Å²) < 4.78 is 26.8. The standard InChI is InChI=1S/C17H27ClN2O2S/c1-4-20(5-2)13-6-7-15(3)19-23(21,22)14-12-16-8-10-17(18)11-9-16/h8-12,14-15,19H,4-7,13H2,1-3H3/b14-12+/t15-/m1/s1. The highest BCUT2D eigenvalue weighted by atomic mass is 35.5. The van der Waals surface area contributed by atoms with Crippen LogP contribution in [-0.2, 0) is 10.0 Å². The van der Waals surface area contributed by atoms with Crippen LogP contribution in [0.1, 0.15) is 39.2 Å². The van der Waals surface area contributed by atoms with Crippen LogP contribution in [0.2, 0.25) is 5.02 Å². The second-order valence-electron chi connectivity index (χ2n) is 5.59. The molecule has 1 aromatic carbocycles. The molecule has 130 valence electrons. The Kier molecular flexibility index (Phi) is 8.84. The van der Waals surface area contributed by atoms with E-state index in [9.17, 15) is 8.42 Å². The van der Waals surface area contributed by atoms with Gasteiger partial charge in [-0.25, -0.2) is 13.1 Å². The fraction of sp³-hybridized carbons (Fsp3) is 0.529. The van der Waals surface area contributed by atoms with E-state index in [1.165, 1.54) is 5.41 Å². The normalized spacial score (nSPS) is 13.8. The molecule has 1 atom stereocenters. The van der Waals surface area contributed by atoms with Crippen LogP contribution in [0.15, 0.2) is 29.7 Å². The highest BCUT2D eigenvalue weighted by molar-refractivity contribution is 7.92. The highest BCUT2D eigenvalue weighted by Gasteiger charge is 2.11. The molecular formula is C17H27ClN2O2S. The Morgan fingerprint density at radius 2 is 1.83 bits per heavy atom. The maximum atomic E-state index is 12.1. The van der Waals surface area contributed by atoms with Crippen LogP contribution >= 0.6 is 11.6 Å². The average Bonchev–Trinajstić information content (AvgIpc) is 2.50. The fourth-order valence-electron chi connectivity index (χ4n) is 2.28. The summed E-state index contributed by atoms with van der Waals surface area (Å²) in [6.07, 6.45) is 3.37. The van der Waals surface area contributed by atoms with Crippen LogP contribution in [0.3, 0.4) is 0 Å². The first-order valence-electron chi connectivity index (χ1n) is 8.04. The maximum Gasteiger partial charge on any atom is 0.233 e. The lowest BCUT2D eigenvalue weighted by Gasteiger charge is -2.19. The molecule has 0 radical (unpaired) electrons. The molecule has 1 N–H and O–H groups in total. The number of hydrogen-bond donors (Lipinski definition) is 1. The van der Waals surface area contributed by atoms with Gasteiger partial charge in [-0.15, -0.1) is 0 Å². The molecule has 0 saturated carbocycles. The third-order valence-corrected chi connectivity index (χ3v) is 5.16. The van der Waals surface area contributed by atoms with Gasteiger partial charge in [0.05, 0.1) is 0 Å². The molecule has 0 heterocycles. The maximum absolute atomic E-state index is 12.1. The molecule has 1 aromatic rings. The topological polar surface area (TPSA) is 49.4 Å². The van der Waals surface area contributed by atoms with Crippen molar-refractivity contribution >= 4 is 27.7 Å². The zero-order valence-electron chi connectivity index (χ0n) is 14.1. The summed E-state index contributed by atoms with van der Waals surface area (Å²) in [7, 11) is -3.43. The zero-order valence-corrected chi connectivity index (χ0v) is 15.7. The van der Waals surface area contributed by atoms with Crippen LogP contribution in [-0.4, -0.2) is 39.0 Å². The van der Waals surface area contributed by atoms with Crippen molar-refractivity contribution in [3.63, 3.8) is 0 Å². The van der Waals surface area contributed by atoms with E-state index in [4.69, 9.17) is 11.6 Å². The summed E-state index contributed by atoms with van der Waals surface area (Å²) in [6, 6.07) is 6.95. The van der Waals surface area contributed by atoms with Gasteiger partial charge in [0.15, 0.2) is 0 Å². The molecule has 6 heteroatoms. The SMILES string of the molecule is CCN(CC)CCC[C@@H](C)NS(=O)(=O)/C=C/c1ccc(Cl)cc1. The predicted octanol–water partition coefficient (Wildman–Crippen LogP) is 3.74. The molecule has 0 aliphatic carbocycles. The fourth-order valence-corrected chi connectivity index (χ4v) is 3.50. The van der Waals surface area contributed by atoms with Crippen molar-refractivity contribution in [2.75, 3.05) is 19.6 Å². The summed E-state index contributed by atoms with van der Waals surface area (Å²) in [6.45, 7) is 9.23. The average molecular weight is 359 g/mol. The van der Waals surface area contributed by atoms with E-state index in [-0.39, 0.29) is 6.04 Å². The van der Waals surface area contributed by atoms with Crippen LogP contribution < -0.4 is 4.72 Å². The summed E-state index contributed by atoms with van der Waals surface area (Å²) in [5, 5.41) is 1.84. The summed E-state index contributed by atoms with van der Waals surface area (Å²) in [4.78, 5) is 2.33.